The smallest absolute Gasteiger partial charge is 0.248 e. The van der Waals surface area contributed by atoms with Crippen LogP contribution in [-0.4, -0.2) is 47.1 Å². The summed E-state index contributed by atoms with van der Waals surface area (Å²) >= 11 is 0. The van der Waals surface area contributed by atoms with Gasteiger partial charge in [0.1, 0.15) is 6.61 Å². The number of nitrogens with zero attached hydrogens (tertiary/aromatic N) is 1. The highest BCUT2D eigenvalue weighted by atomic mass is 16.3. The molecule has 2 fully saturated rings. The van der Waals surface area contributed by atoms with E-state index in [0.717, 1.165) is 12.8 Å². The molecule has 3 rings (SSSR count). The molecule has 0 saturated carbocycles. The van der Waals surface area contributed by atoms with Crippen LogP contribution in [-0.2, 0) is 9.59 Å². The largest absolute Gasteiger partial charge is 0.387 e. The van der Waals surface area contributed by atoms with E-state index in [9.17, 15) is 9.59 Å². The molecule has 0 aliphatic carbocycles. The number of nitrogens with one attached hydrogen (secondary N) is 1. The standard InChI is InChI=1S/C16H20N2O3/c19-11-15(21)18-8-6-16(7-9-18)13(10-14(20)17-16)12-4-2-1-3-5-12/h1-5,13,19H,6-11H2,(H,17,20). The quantitative estimate of drug-likeness (QED) is 0.839. The van der Waals surface area contributed by atoms with E-state index < -0.39 is 6.61 Å². The van der Waals surface area contributed by atoms with Crippen LogP contribution in [0, 0.1) is 0 Å². The summed E-state index contributed by atoms with van der Waals surface area (Å²) in [7, 11) is 0. The van der Waals surface area contributed by atoms with Crippen LogP contribution >= 0.6 is 0 Å². The fraction of sp³-hybridized carbons (Fsp3) is 0.500. The van der Waals surface area contributed by atoms with Crippen LogP contribution in [0.3, 0.4) is 0 Å². The number of aliphatic hydroxyl groups is 1. The number of hydrogen-bond donors (Lipinski definition) is 2. The number of carbonyl (C=O) groups excluding carboxylic acids is 2. The molecule has 2 N–H and O–H groups in total. The van der Waals surface area contributed by atoms with Gasteiger partial charge in [0.15, 0.2) is 0 Å². The summed E-state index contributed by atoms with van der Waals surface area (Å²) in [6.45, 7) is 0.730. The first-order valence-corrected chi connectivity index (χ1v) is 7.39. The maximum atomic E-state index is 11.9. The summed E-state index contributed by atoms with van der Waals surface area (Å²) in [5, 5.41) is 12.1. The first-order valence-electron chi connectivity index (χ1n) is 7.39. The van der Waals surface area contributed by atoms with Crippen molar-refractivity contribution >= 4 is 11.8 Å². The molecule has 1 spiro atoms. The molecule has 2 amide bonds. The molecule has 5 nitrogen and oxygen atoms in total. The molecule has 112 valence electrons. The van der Waals surface area contributed by atoms with E-state index in [1.165, 1.54) is 5.56 Å². The van der Waals surface area contributed by atoms with Gasteiger partial charge in [-0.2, -0.15) is 0 Å². The topological polar surface area (TPSA) is 69.6 Å². The molecule has 1 aromatic carbocycles. The first-order chi connectivity index (χ1) is 10.1. The van der Waals surface area contributed by atoms with Crippen molar-refractivity contribution in [2.24, 2.45) is 0 Å². The number of amides is 2. The molecule has 1 unspecified atom stereocenters. The van der Waals surface area contributed by atoms with Gasteiger partial charge in [0.2, 0.25) is 11.8 Å². The Labute approximate surface area is 123 Å². The molecule has 2 heterocycles. The molecule has 0 bridgehead atoms. The predicted molar refractivity (Wildman–Crippen MR) is 77.6 cm³/mol. The molecule has 2 aliphatic heterocycles. The third-order valence-electron chi connectivity index (χ3n) is 4.79. The minimum Gasteiger partial charge on any atom is -0.387 e. The predicted octanol–water partition coefficient (Wildman–Crippen LogP) is 0.644. The maximum absolute atomic E-state index is 11.9. The fourth-order valence-corrected chi connectivity index (χ4v) is 3.65. The monoisotopic (exact) mass is 288 g/mol. The molecule has 1 atom stereocenters. The van der Waals surface area contributed by atoms with Crippen molar-refractivity contribution in [2.75, 3.05) is 19.7 Å². The molecule has 0 radical (unpaired) electrons. The Hall–Kier alpha value is -1.88. The molecule has 0 aromatic heterocycles. The summed E-state index contributed by atoms with van der Waals surface area (Å²) in [5.41, 5.74) is 0.933. The van der Waals surface area contributed by atoms with E-state index in [1.54, 1.807) is 4.90 Å². The van der Waals surface area contributed by atoms with Crippen molar-refractivity contribution in [3.05, 3.63) is 35.9 Å². The SMILES string of the molecule is O=C1CC(c2ccccc2)C2(CCN(C(=O)CO)CC2)N1. The van der Waals surface area contributed by atoms with Crippen molar-refractivity contribution in [2.45, 2.75) is 30.7 Å². The van der Waals surface area contributed by atoms with Gasteiger partial charge in [-0.3, -0.25) is 9.59 Å². The van der Waals surface area contributed by atoms with Crippen LogP contribution in [0.2, 0.25) is 0 Å². The first kappa shape index (κ1) is 14.1. The second kappa shape index (κ2) is 5.48. The molecular weight excluding hydrogens is 268 g/mol. The zero-order valence-electron chi connectivity index (χ0n) is 11.9. The van der Waals surface area contributed by atoms with E-state index in [2.05, 4.69) is 17.4 Å². The zero-order valence-corrected chi connectivity index (χ0v) is 11.9. The van der Waals surface area contributed by atoms with Crippen LogP contribution in [0.25, 0.3) is 0 Å². The third-order valence-corrected chi connectivity index (χ3v) is 4.79. The number of rotatable bonds is 2. The third kappa shape index (κ3) is 2.53. The number of hydrogen-bond acceptors (Lipinski definition) is 3. The minimum absolute atomic E-state index is 0.0887. The fourth-order valence-electron chi connectivity index (χ4n) is 3.65. The van der Waals surface area contributed by atoms with Gasteiger partial charge >= 0.3 is 0 Å². The van der Waals surface area contributed by atoms with Gasteiger partial charge < -0.3 is 15.3 Å². The number of aliphatic hydroxyl groups excluding tert-OH is 1. The Morgan fingerprint density at radius 1 is 1.29 bits per heavy atom. The lowest BCUT2D eigenvalue weighted by atomic mass is 9.74. The van der Waals surface area contributed by atoms with Crippen LogP contribution in [0.5, 0.6) is 0 Å². The molecule has 1 aromatic rings. The number of likely N-dealkylation sites (tertiary alicyclic amines) is 1. The van der Waals surface area contributed by atoms with Crippen molar-refractivity contribution < 1.29 is 14.7 Å². The number of carbonyl (C=O) groups is 2. The highest BCUT2D eigenvalue weighted by molar-refractivity contribution is 5.82. The molecular formula is C16H20N2O3. The Bertz CT molecular complexity index is 536. The van der Waals surface area contributed by atoms with Gasteiger partial charge in [0.25, 0.3) is 0 Å². The normalized spacial score (nSPS) is 24.1. The molecule has 5 heteroatoms. The number of piperidine rings is 1. The second-order valence-corrected chi connectivity index (χ2v) is 5.91. The average Bonchev–Trinajstić information content (AvgIpc) is 2.84. The Kier molecular flexibility index (Phi) is 3.68. The minimum atomic E-state index is -0.443. The van der Waals surface area contributed by atoms with Crippen molar-refractivity contribution in [1.29, 1.82) is 0 Å². The highest BCUT2D eigenvalue weighted by Gasteiger charge is 2.48. The van der Waals surface area contributed by atoms with Crippen LogP contribution in [0.1, 0.15) is 30.7 Å². The Balaban J connectivity index is 1.80. The van der Waals surface area contributed by atoms with Gasteiger partial charge in [-0.15, -0.1) is 0 Å². The number of benzene rings is 1. The summed E-state index contributed by atoms with van der Waals surface area (Å²) in [6.07, 6.45) is 1.99. The Morgan fingerprint density at radius 2 is 1.95 bits per heavy atom. The van der Waals surface area contributed by atoms with E-state index >= 15 is 0 Å². The average molecular weight is 288 g/mol. The lowest BCUT2D eigenvalue weighted by molar-refractivity contribution is -0.135. The van der Waals surface area contributed by atoms with Gasteiger partial charge in [0.05, 0.1) is 5.54 Å². The maximum Gasteiger partial charge on any atom is 0.248 e. The zero-order chi connectivity index (χ0) is 14.9. The van der Waals surface area contributed by atoms with Crippen LogP contribution in [0.15, 0.2) is 30.3 Å². The Morgan fingerprint density at radius 3 is 2.57 bits per heavy atom. The van der Waals surface area contributed by atoms with E-state index in [-0.39, 0.29) is 23.3 Å². The van der Waals surface area contributed by atoms with Gasteiger partial charge in [0, 0.05) is 25.4 Å². The summed E-state index contributed by atoms with van der Waals surface area (Å²) in [5.74, 6) is 0.0220. The van der Waals surface area contributed by atoms with Gasteiger partial charge in [-0.1, -0.05) is 30.3 Å². The van der Waals surface area contributed by atoms with Gasteiger partial charge in [-0.05, 0) is 18.4 Å². The summed E-state index contributed by atoms with van der Waals surface area (Å²) in [6, 6.07) is 10.1. The molecule has 2 aliphatic rings. The highest BCUT2D eigenvalue weighted by Crippen LogP contribution is 2.42. The van der Waals surface area contributed by atoms with Crippen LogP contribution in [0.4, 0.5) is 0 Å². The van der Waals surface area contributed by atoms with Crippen molar-refractivity contribution in [3.8, 4) is 0 Å². The second-order valence-electron chi connectivity index (χ2n) is 5.91. The van der Waals surface area contributed by atoms with Crippen molar-refractivity contribution in [3.63, 3.8) is 0 Å². The van der Waals surface area contributed by atoms with Gasteiger partial charge in [-0.25, -0.2) is 0 Å². The molecule has 21 heavy (non-hydrogen) atoms. The van der Waals surface area contributed by atoms with E-state index in [1.807, 2.05) is 18.2 Å². The summed E-state index contributed by atoms with van der Waals surface area (Å²) in [4.78, 5) is 25.2. The lowest BCUT2D eigenvalue weighted by Gasteiger charge is -2.42. The lowest BCUT2D eigenvalue weighted by Crippen LogP contribution is -2.54. The molecule has 2 saturated heterocycles. The summed E-state index contributed by atoms with van der Waals surface area (Å²) < 4.78 is 0. The van der Waals surface area contributed by atoms with E-state index in [0.29, 0.717) is 19.5 Å². The van der Waals surface area contributed by atoms with E-state index in [4.69, 9.17) is 5.11 Å². The van der Waals surface area contributed by atoms with Crippen LogP contribution < -0.4 is 5.32 Å². The van der Waals surface area contributed by atoms with Crippen molar-refractivity contribution in [1.82, 2.24) is 10.2 Å².